The van der Waals surface area contributed by atoms with Gasteiger partial charge in [0.15, 0.2) is 11.6 Å². The molecule has 1 saturated heterocycles. The van der Waals surface area contributed by atoms with E-state index >= 15 is 0 Å². The second-order valence-corrected chi connectivity index (χ2v) is 8.81. The Balaban J connectivity index is 1.56. The SMILES string of the molecule is Cc1c(Oc2ccc(OCCOC(C)C)cc2F)ncnc1OC1CCN(C(=O)OC(C)C)CC1. The van der Waals surface area contributed by atoms with Crippen molar-refractivity contribution in [2.24, 2.45) is 0 Å². The number of benzene rings is 1. The zero-order valence-corrected chi connectivity index (χ0v) is 21.0. The minimum absolute atomic E-state index is 0.0144. The zero-order chi connectivity index (χ0) is 25.4. The molecule has 0 atom stereocenters. The Hall–Kier alpha value is -3.14. The van der Waals surface area contributed by atoms with E-state index in [0.29, 0.717) is 56.3 Å². The number of hydrogen-bond acceptors (Lipinski definition) is 8. The third kappa shape index (κ3) is 7.95. The molecule has 192 valence electrons. The first-order valence-electron chi connectivity index (χ1n) is 11.9. The molecule has 35 heavy (non-hydrogen) atoms. The minimum Gasteiger partial charge on any atom is -0.491 e. The van der Waals surface area contributed by atoms with Crippen LogP contribution >= 0.6 is 0 Å². The fourth-order valence-corrected chi connectivity index (χ4v) is 3.43. The van der Waals surface area contributed by atoms with Gasteiger partial charge in [0, 0.05) is 32.0 Å². The van der Waals surface area contributed by atoms with E-state index in [1.165, 1.54) is 18.5 Å². The number of likely N-dealkylation sites (tertiary alicyclic amines) is 1. The van der Waals surface area contributed by atoms with Gasteiger partial charge in [-0.25, -0.2) is 19.2 Å². The molecule has 2 aromatic rings. The maximum atomic E-state index is 14.6. The Bertz CT molecular complexity index is 980. The predicted molar refractivity (Wildman–Crippen MR) is 127 cm³/mol. The Morgan fingerprint density at radius 3 is 2.46 bits per heavy atom. The van der Waals surface area contributed by atoms with Gasteiger partial charge in [-0.15, -0.1) is 0 Å². The van der Waals surface area contributed by atoms with Crippen molar-refractivity contribution < 1.29 is 32.9 Å². The van der Waals surface area contributed by atoms with Crippen molar-refractivity contribution in [3.05, 3.63) is 35.9 Å². The van der Waals surface area contributed by atoms with Crippen LogP contribution in [0, 0.1) is 12.7 Å². The van der Waals surface area contributed by atoms with E-state index in [2.05, 4.69) is 9.97 Å². The molecule has 0 spiro atoms. The standard InChI is InChI=1S/C25H34FN3O6/c1-16(2)31-12-13-32-20-6-7-22(21(26)14-20)35-24-18(5)23(27-15-28-24)34-19-8-10-29(11-9-19)25(30)33-17(3)4/h6-7,14-17,19H,8-13H2,1-5H3. The number of nitrogens with zero attached hydrogens (tertiary/aromatic N) is 3. The molecule has 1 amide bonds. The Morgan fingerprint density at radius 1 is 1.09 bits per heavy atom. The first-order chi connectivity index (χ1) is 16.7. The highest BCUT2D eigenvalue weighted by molar-refractivity contribution is 5.67. The van der Waals surface area contributed by atoms with Crippen molar-refractivity contribution in [3.63, 3.8) is 0 Å². The van der Waals surface area contributed by atoms with Crippen LogP contribution in [0.3, 0.4) is 0 Å². The van der Waals surface area contributed by atoms with Crippen LogP contribution in [0.2, 0.25) is 0 Å². The predicted octanol–water partition coefficient (Wildman–Crippen LogP) is 4.91. The number of amides is 1. The minimum atomic E-state index is -0.576. The van der Waals surface area contributed by atoms with E-state index in [1.54, 1.807) is 17.9 Å². The third-order valence-electron chi connectivity index (χ3n) is 5.22. The average molecular weight is 492 g/mol. The molecule has 2 heterocycles. The normalized spacial score (nSPS) is 14.3. The highest BCUT2D eigenvalue weighted by atomic mass is 19.1. The zero-order valence-electron chi connectivity index (χ0n) is 21.0. The summed E-state index contributed by atoms with van der Waals surface area (Å²) in [5, 5.41) is 0. The van der Waals surface area contributed by atoms with Gasteiger partial charge >= 0.3 is 6.09 Å². The molecular formula is C25H34FN3O6. The smallest absolute Gasteiger partial charge is 0.410 e. The fourth-order valence-electron chi connectivity index (χ4n) is 3.43. The summed E-state index contributed by atoms with van der Waals surface area (Å²) in [6.07, 6.45) is 2.13. The van der Waals surface area contributed by atoms with Gasteiger partial charge in [-0.2, -0.15) is 0 Å². The van der Waals surface area contributed by atoms with Crippen LogP contribution in [0.25, 0.3) is 0 Å². The van der Waals surface area contributed by atoms with Gasteiger partial charge in [-0.05, 0) is 46.8 Å². The molecular weight excluding hydrogens is 457 g/mol. The van der Waals surface area contributed by atoms with Gasteiger partial charge in [0.05, 0.1) is 24.4 Å². The van der Waals surface area contributed by atoms with Crippen molar-refractivity contribution in [2.75, 3.05) is 26.3 Å². The van der Waals surface area contributed by atoms with Crippen molar-refractivity contribution in [2.45, 2.75) is 65.8 Å². The summed E-state index contributed by atoms with van der Waals surface area (Å²) in [5.41, 5.74) is 0.555. The highest BCUT2D eigenvalue weighted by Gasteiger charge is 2.26. The first-order valence-corrected chi connectivity index (χ1v) is 11.9. The van der Waals surface area contributed by atoms with E-state index in [9.17, 15) is 9.18 Å². The van der Waals surface area contributed by atoms with Crippen LogP contribution in [0.4, 0.5) is 9.18 Å². The molecule has 3 rings (SSSR count). The van der Waals surface area contributed by atoms with Gasteiger partial charge in [0.2, 0.25) is 11.8 Å². The Kier molecular flexibility index (Phi) is 9.47. The first kappa shape index (κ1) is 26.5. The van der Waals surface area contributed by atoms with Gasteiger partial charge < -0.3 is 28.6 Å². The molecule has 0 N–H and O–H groups in total. The second-order valence-electron chi connectivity index (χ2n) is 8.81. The summed E-state index contributed by atoms with van der Waals surface area (Å²) in [6.45, 7) is 11.1. The molecule has 1 fully saturated rings. The lowest BCUT2D eigenvalue weighted by molar-refractivity contribution is 0.0504. The maximum absolute atomic E-state index is 14.6. The highest BCUT2D eigenvalue weighted by Crippen LogP contribution is 2.31. The number of rotatable bonds is 10. The average Bonchev–Trinajstić information content (AvgIpc) is 2.80. The van der Waals surface area contributed by atoms with E-state index in [0.717, 1.165) is 0 Å². The number of halogens is 1. The number of aromatic nitrogens is 2. The summed E-state index contributed by atoms with van der Waals surface area (Å²) in [7, 11) is 0. The molecule has 0 radical (unpaired) electrons. The Labute approximate surface area is 205 Å². The van der Waals surface area contributed by atoms with E-state index < -0.39 is 5.82 Å². The molecule has 0 aliphatic carbocycles. The van der Waals surface area contributed by atoms with Crippen molar-refractivity contribution in [1.29, 1.82) is 0 Å². The summed E-state index contributed by atoms with van der Waals surface area (Å²) in [4.78, 5) is 22.1. The van der Waals surface area contributed by atoms with Gasteiger partial charge in [-0.1, -0.05) is 0 Å². The summed E-state index contributed by atoms with van der Waals surface area (Å²) in [6, 6.07) is 4.37. The summed E-state index contributed by atoms with van der Waals surface area (Å²) in [5.74, 6) is 0.387. The summed E-state index contributed by atoms with van der Waals surface area (Å²) >= 11 is 0. The molecule has 10 heteroatoms. The van der Waals surface area contributed by atoms with Gasteiger partial charge in [0.1, 0.15) is 24.8 Å². The molecule has 1 aromatic heterocycles. The van der Waals surface area contributed by atoms with E-state index in [4.69, 9.17) is 23.7 Å². The Morgan fingerprint density at radius 2 is 1.80 bits per heavy atom. The topological polar surface area (TPSA) is 92.2 Å². The lowest BCUT2D eigenvalue weighted by atomic mass is 10.1. The molecule has 9 nitrogen and oxygen atoms in total. The van der Waals surface area contributed by atoms with Gasteiger partial charge in [-0.3, -0.25) is 0 Å². The largest absolute Gasteiger partial charge is 0.491 e. The summed E-state index contributed by atoms with van der Waals surface area (Å²) < 4.78 is 42.6. The van der Waals surface area contributed by atoms with E-state index in [-0.39, 0.29) is 36.0 Å². The van der Waals surface area contributed by atoms with Gasteiger partial charge in [0.25, 0.3) is 0 Å². The van der Waals surface area contributed by atoms with Crippen LogP contribution in [0.15, 0.2) is 24.5 Å². The molecule has 0 saturated carbocycles. The monoisotopic (exact) mass is 491 g/mol. The fraction of sp³-hybridized carbons (Fsp3) is 0.560. The third-order valence-corrected chi connectivity index (χ3v) is 5.22. The van der Waals surface area contributed by atoms with Crippen LogP contribution in [-0.4, -0.2) is 65.6 Å². The van der Waals surface area contributed by atoms with Crippen molar-refractivity contribution >= 4 is 6.09 Å². The van der Waals surface area contributed by atoms with Crippen LogP contribution in [0.1, 0.15) is 46.1 Å². The lowest BCUT2D eigenvalue weighted by Crippen LogP contribution is -2.42. The number of hydrogen-bond donors (Lipinski definition) is 0. The van der Waals surface area contributed by atoms with Crippen LogP contribution in [0.5, 0.6) is 23.3 Å². The molecule has 0 unspecified atom stereocenters. The molecule has 0 bridgehead atoms. The number of carbonyl (C=O) groups is 1. The molecule has 1 aromatic carbocycles. The molecule has 1 aliphatic rings. The quantitative estimate of drug-likeness (QED) is 0.433. The number of piperidine rings is 1. The number of carbonyl (C=O) groups excluding carboxylic acids is 1. The van der Waals surface area contributed by atoms with Crippen LogP contribution in [-0.2, 0) is 9.47 Å². The van der Waals surface area contributed by atoms with E-state index in [1.807, 2.05) is 27.7 Å². The van der Waals surface area contributed by atoms with Crippen molar-refractivity contribution in [3.8, 4) is 23.3 Å². The molecule has 1 aliphatic heterocycles. The van der Waals surface area contributed by atoms with Crippen LogP contribution < -0.4 is 14.2 Å². The lowest BCUT2D eigenvalue weighted by Gasteiger charge is -2.31. The second kappa shape index (κ2) is 12.5. The maximum Gasteiger partial charge on any atom is 0.410 e. The van der Waals surface area contributed by atoms with Crippen molar-refractivity contribution in [1.82, 2.24) is 14.9 Å². The number of ether oxygens (including phenoxy) is 5.